The van der Waals surface area contributed by atoms with Crippen LogP contribution in [0.1, 0.15) is 51.4 Å². The molecule has 1 atom stereocenters. The highest BCUT2D eigenvalue weighted by molar-refractivity contribution is 5.92. The smallest absolute Gasteiger partial charge is 0.416 e. The molecule has 0 spiro atoms. The van der Waals surface area contributed by atoms with Crippen LogP contribution in [-0.2, 0) is 11.0 Å². The second-order valence-corrected chi connectivity index (χ2v) is 7.46. The van der Waals surface area contributed by atoms with Crippen LogP contribution in [0.25, 0.3) is 6.08 Å². The van der Waals surface area contributed by atoms with E-state index in [1.807, 2.05) is 6.07 Å². The fourth-order valence-electron chi connectivity index (χ4n) is 3.69. The first-order valence-corrected chi connectivity index (χ1v) is 9.63. The van der Waals surface area contributed by atoms with Gasteiger partial charge in [-0.15, -0.1) is 0 Å². The largest absolute Gasteiger partial charge is 0.478 e. The molecule has 0 aromatic heterocycles. The van der Waals surface area contributed by atoms with Gasteiger partial charge in [0.05, 0.1) is 11.1 Å². The minimum Gasteiger partial charge on any atom is -0.478 e. The van der Waals surface area contributed by atoms with Crippen molar-refractivity contribution in [2.24, 2.45) is 0 Å². The van der Waals surface area contributed by atoms with E-state index >= 15 is 0 Å². The molecule has 2 aromatic rings. The number of carbonyl (C=O) groups excluding carboxylic acids is 1. The van der Waals surface area contributed by atoms with Gasteiger partial charge in [-0.05, 0) is 60.7 Å². The summed E-state index contributed by atoms with van der Waals surface area (Å²) in [6.07, 6.45) is 0.228. The summed E-state index contributed by atoms with van der Waals surface area (Å²) in [6.45, 7) is 2.88. The Hall–Kier alpha value is -3.09. The first-order chi connectivity index (χ1) is 14.1. The number of hydrogen-bond donors (Lipinski definition) is 1. The number of benzene rings is 2. The number of aryl methyl sites for hydroxylation is 1. The summed E-state index contributed by atoms with van der Waals surface area (Å²) < 4.78 is 37.9. The third kappa shape index (κ3) is 5.09. The van der Waals surface area contributed by atoms with Gasteiger partial charge in [0.2, 0.25) is 5.91 Å². The highest BCUT2D eigenvalue weighted by atomic mass is 19.4. The average molecular weight is 417 g/mol. The van der Waals surface area contributed by atoms with Gasteiger partial charge in [0.15, 0.2) is 0 Å². The van der Waals surface area contributed by atoms with Crippen molar-refractivity contribution in [3.05, 3.63) is 76.4 Å². The summed E-state index contributed by atoms with van der Waals surface area (Å²) in [5.41, 5.74) is 1.74. The molecule has 0 radical (unpaired) electrons. The maximum absolute atomic E-state index is 12.6. The van der Waals surface area contributed by atoms with Crippen LogP contribution in [0, 0.1) is 6.92 Å². The summed E-state index contributed by atoms with van der Waals surface area (Å²) >= 11 is 0. The lowest BCUT2D eigenvalue weighted by molar-refractivity contribution is -0.137. The summed E-state index contributed by atoms with van der Waals surface area (Å²) in [5.74, 6) is -1.05. The number of rotatable bonds is 4. The van der Waals surface area contributed by atoms with E-state index in [1.165, 1.54) is 24.3 Å². The van der Waals surface area contributed by atoms with Crippen LogP contribution in [0.2, 0.25) is 0 Å². The number of alkyl halides is 3. The van der Waals surface area contributed by atoms with Crippen molar-refractivity contribution in [3.63, 3.8) is 0 Å². The van der Waals surface area contributed by atoms with Gasteiger partial charge in [0, 0.05) is 25.1 Å². The zero-order valence-electron chi connectivity index (χ0n) is 16.4. The standard InChI is InChI=1S/C23H22F3NO3/c1-15-13-17(7-10-20(15)22(29)30)18-3-2-12-27(14-18)21(28)11-6-16-4-8-19(9-5-16)23(24,25)26/h4-11,13,18H,2-3,12,14H2,1H3,(H,29,30). The number of hydrogen-bond acceptors (Lipinski definition) is 2. The monoisotopic (exact) mass is 417 g/mol. The molecule has 1 unspecified atom stereocenters. The number of carboxylic acid groups (broad SMARTS) is 1. The minimum absolute atomic E-state index is 0.115. The third-order valence-electron chi connectivity index (χ3n) is 5.34. The van der Waals surface area contributed by atoms with Gasteiger partial charge in [0.1, 0.15) is 0 Å². The number of amides is 1. The van der Waals surface area contributed by atoms with Crippen molar-refractivity contribution in [2.45, 2.75) is 31.9 Å². The third-order valence-corrected chi connectivity index (χ3v) is 5.34. The SMILES string of the molecule is Cc1cc(C2CCCN(C(=O)C=Cc3ccc(C(F)(F)F)cc3)C2)ccc1C(=O)O. The lowest BCUT2D eigenvalue weighted by Crippen LogP contribution is -2.38. The second-order valence-electron chi connectivity index (χ2n) is 7.46. The lowest BCUT2D eigenvalue weighted by atomic mass is 9.88. The fraction of sp³-hybridized carbons (Fsp3) is 0.304. The maximum atomic E-state index is 12.6. The van der Waals surface area contributed by atoms with Crippen molar-refractivity contribution >= 4 is 18.0 Å². The molecule has 1 N–H and O–H groups in total. The topological polar surface area (TPSA) is 57.6 Å². The van der Waals surface area contributed by atoms with Gasteiger partial charge in [0.25, 0.3) is 0 Å². The fourth-order valence-corrected chi connectivity index (χ4v) is 3.69. The zero-order chi connectivity index (χ0) is 21.9. The molecule has 1 heterocycles. The van der Waals surface area contributed by atoms with Crippen LogP contribution in [0.3, 0.4) is 0 Å². The van der Waals surface area contributed by atoms with Crippen molar-refractivity contribution in [2.75, 3.05) is 13.1 Å². The van der Waals surface area contributed by atoms with Crippen LogP contribution in [-0.4, -0.2) is 35.0 Å². The van der Waals surface area contributed by atoms with Crippen LogP contribution >= 0.6 is 0 Å². The highest BCUT2D eigenvalue weighted by Crippen LogP contribution is 2.30. The Morgan fingerprint density at radius 1 is 1.13 bits per heavy atom. The molecule has 3 rings (SSSR count). The molecule has 0 aliphatic carbocycles. The summed E-state index contributed by atoms with van der Waals surface area (Å²) in [5, 5.41) is 9.17. The molecule has 1 fully saturated rings. The Kier molecular flexibility index (Phi) is 6.29. The van der Waals surface area contributed by atoms with E-state index in [1.54, 1.807) is 24.0 Å². The Bertz CT molecular complexity index is 965. The van der Waals surface area contributed by atoms with E-state index in [4.69, 9.17) is 0 Å². The van der Waals surface area contributed by atoms with Crippen molar-refractivity contribution in [1.29, 1.82) is 0 Å². The average Bonchev–Trinajstić information content (AvgIpc) is 2.71. The number of aromatic carboxylic acids is 1. The molecule has 0 saturated carbocycles. The molecular weight excluding hydrogens is 395 g/mol. The number of carboxylic acids is 1. The Labute approximate surface area is 172 Å². The van der Waals surface area contributed by atoms with E-state index < -0.39 is 17.7 Å². The van der Waals surface area contributed by atoms with E-state index in [9.17, 15) is 27.9 Å². The normalized spacial score (nSPS) is 17.3. The van der Waals surface area contributed by atoms with Crippen molar-refractivity contribution in [3.8, 4) is 0 Å². The molecule has 158 valence electrons. The summed E-state index contributed by atoms with van der Waals surface area (Å²) in [6, 6.07) is 9.90. The van der Waals surface area contributed by atoms with Crippen LogP contribution in [0.5, 0.6) is 0 Å². The molecule has 4 nitrogen and oxygen atoms in total. The quantitative estimate of drug-likeness (QED) is 0.702. The van der Waals surface area contributed by atoms with Gasteiger partial charge >= 0.3 is 12.1 Å². The van der Waals surface area contributed by atoms with E-state index in [0.717, 1.165) is 30.5 Å². The first kappa shape index (κ1) is 21.6. The molecule has 7 heteroatoms. The van der Waals surface area contributed by atoms with Gasteiger partial charge < -0.3 is 10.0 Å². The number of carbonyl (C=O) groups is 2. The Balaban J connectivity index is 1.66. The number of halogens is 3. The van der Waals surface area contributed by atoms with Crippen LogP contribution < -0.4 is 0 Å². The molecule has 1 aliphatic heterocycles. The minimum atomic E-state index is -4.39. The predicted octanol–water partition coefficient (Wildman–Crippen LogP) is 5.13. The van der Waals surface area contributed by atoms with E-state index in [0.29, 0.717) is 24.2 Å². The maximum Gasteiger partial charge on any atom is 0.416 e. The molecule has 30 heavy (non-hydrogen) atoms. The van der Waals surface area contributed by atoms with E-state index in [-0.39, 0.29) is 17.4 Å². The summed E-state index contributed by atoms with van der Waals surface area (Å²) in [7, 11) is 0. The Morgan fingerprint density at radius 2 is 1.83 bits per heavy atom. The number of nitrogens with zero attached hydrogens (tertiary/aromatic N) is 1. The Morgan fingerprint density at radius 3 is 2.43 bits per heavy atom. The van der Waals surface area contributed by atoms with Crippen LogP contribution in [0.15, 0.2) is 48.5 Å². The number of piperidine rings is 1. The molecule has 1 amide bonds. The summed E-state index contributed by atoms with van der Waals surface area (Å²) in [4.78, 5) is 25.5. The molecule has 2 aromatic carbocycles. The van der Waals surface area contributed by atoms with Gasteiger partial charge in [-0.1, -0.05) is 24.3 Å². The lowest BCUT2D eigenvalue weighted by Gasteiger charge is -2.32. The highest BCUT2D eigenvalue weighted by Gasteiger charge is 2.30. The van der Waals surface area contributed by atoms with Crippen LogP contribution in [0.4, 0.5) is 13.2 Å². The molecule has 0 bridgehead atoms. The first-order valence-electron chi connectivity index (χ1n) is 9.63. The molecule has 1 aliphatic rings. The van der Waals surface area contributed by atoms with E-state index in [2.05, 4.69) is 0 Å². The van der Waals surface area contributed by atoms with Crippen molar-refractivity contribution in [1.82, 2.24) is 4.90 Å². The zero-order valence-corrected chi connectivity index (χ0v) is 16.4. The van der Waals surface area contributed by atoms with Gasteiger partial charge in [-0.3, -0.25) is 4.79 Å². The molecular formula is C23H22F3NO3. The van der Waals surface area contributed by atoms with Gasteiger partial charge in [-0.2, -0.15) is 13.2 Å². The van der Waals surface area contributed by atoms with Gasteiger partial charge in [-0.25, -0.2) is 4.79 Å². The second kappa shape index (κ2) is 8.73. The predicted molar refractivity (Wildman–Crippen MR) is 107 cm³/mol. The molecule has 1 saturated heterocycles. The number of likely N-dealkylation sites (tertiary alicyclic amines) is 1. The van der Waals surface area contributed by atoms with Crippen molar-refractivity contribution < 1.29 is 27.9 Å².